The molecule has 2 amide bonds. The lowest BCUT2D eigenvalue weighted by Gasteiger charge is -2.21. The summed E-state index contributed by atoms with van der Waals surface area (Å²) in [5.74, 6) is -0.339. The first-order valence-electron chi connectivity index (χ1n) is 10.6. The fourth-order valence-electron chi connectivity index (χ4n) is 3.31. The molecule has 8 nitrogen and oxygen atoms in total. The Bertz CT molecular complexity index is 917. The molecule has 1 aliphatic rings. The number of methoxy groups -OCH3 is 1. The van der Waals surface area contributed by atoms with Crippen molar-refractivity contribution in [3.8, 4) is 0 Å². The lowest BCUT2D eigenvalue weighted by atomic mass is 10.2. The van der Waals surface area contributed by atoms with Crippen molar-refractivity contribution in [3.63, 3.8) is 0 Å². The number of aryl methyl sites for hydroxylation is 1. The largest absolute Gasteiger partial charge is 0.383 e. The minimum Gasteiger partial charge on any atom is -0.383 e. The van der Waals surface area contributed by atoms with E-state index >= 15 is 0 Å². The number of carbonyl (C=O) groups excluding carboxylic acids is 2. The number of nitrogens with zero attached hydrogens (tertiary/aromatic N) is 2. The number of aromatic nitrogens is 1. The molecule has 10 heteroatoms. The average Bonchev–Trinajstić information content (AvgIpc) is 3.47. The number of nitrogens with one attached hydrogen (secondary N) is 2. The summed E-state index contributed by atoms with van der Waals surface area (Å²) in [4.78, 5) is 31.3. The van der Waals surface area contributed by atoms with Gasteiger partial charge in [0.1, 0.15) is 5.69 Å². The van der Waals surface area contributed by atoms with Gasteiger partial charge in [-0.1, -0.05) is 17.7 Å². The van der Waals surface area contributed by atoms with Crippen molar-refractivity contribution in [1.29, 1.82) is 0 Å². The molecule has 0 unspecified atom stereocenters. The molecule has 1 atom stereocenters. The van der Waals surface area contributed by atoms with Crippen molar-refractivity contribution < 1.29 is 19.1 Å². The Morgan fingerprint density at radius 1 is 1.38 bits per heavy atom. The van der Waals surface area contributed by atoms with Gasteiger partial charge in [0, 0.05) is 55.9 Å². The van der Waals surface area contributed by atoms with Crippen molar-refractivity contribution in [3.05, 3.63) is 39.9 Å². The third-order valence-corrected chi connectivity index (χ3v) is 6.17. The molecule has 174 valence electrons. The number of benzene rings is 1. The van der Waals surface area contributed by atoms with E-state index < -0.39 is 0 Å². The summed E-state index contributed by atoms with van der Waals surface area (Å²) in [5.41, 5.74) is 2.19. The summed E-state index contributed by atoms with van der Waals surface area (Å²) < 4.78 is 10.7. The van der Waals surface area contributed by atoms with Crippen LogP contribution in [0.2, 0.25) is 5.02 Å². The number of hydrogen-bond acceptors (Lipinski definition) is 7. The predicted octanol–water partition coefficient (Wildman–Crippen LogP) is 3.62. The normalized spacial score (nSPS) is 15.5. The first-order chi connectivity index (χ1) is 15.5. The van der Waals surface area contributed by atoms with Gasteiger partial charge in [0.2, 0.25) is 5.91 Å². The highest BCUT2D eigenvalue weighted by Gasteiger charge is 2.21. The molecule has 2 heterocycles. The van der Waals surface area contributed by atoms with Crippen LogP contribution >= 0.6 is 22.9 Å². The Morgan fingerprint density at radius 3 is 2.97 bits per heavy atom. The summed E-state index contributed by atoms with van der Waals surface area (Å²) in [7, 11) is 1.58. The summed E-state index contributed by atoms with van der Waals surface area (Å²) in [6.07, 6.45) is 2.29. The highest BCUT2D eigenvalue weighted by molar-refractivity contribution is 7.14. The van der Waals surface area contributed by atoms with E-state index in [1.807, 2.05) is 25.1 Å². The predicted molar refractivity (Wildman–Crippen MR) is 126 cm³/mol. The topological polar surface area (TPSA) is 92.8 Å². The SMILES string of the molecule is COCCN(CCC(=O)NC[C@@H]1CCCO1)C(=O)c1csc(Nc2cc(Cl)ccc2C)n1. The van der Waals surface area contributed by atoms with E-state index in [9.17, 15) is 9.59 Å². The quantitative estimate of drug-likeness (QED) is 0.510. The number of hydrogen-bond donors (Lipinski definition) is 2. The fraction of sp³-hybridized carbons (Fsp3) is 0.500. The van der Waals surface area contributed by atoms with Gasteiger partial charge in [-0.3, -0.25) is 9.59 Å². The first-order valence-corrected chi connectivity index (χ1v) is 11.9. The lowest BCUT2D eigenvalue weighted by molar-refractivity contribution is -0.121. The van der Waals surface area contributed by atoms with E-state index in [0.717, 1.165) is 30.7 Å². The van der Waals surface area contributed by atoms with Crippen LogP contribution in [0.4, 0.5) is 10.8 Å². The number of halogens is 1. The number of ether oxygens (including phenoxy) is 2. The lowest BCUT2D eigenvalue weighted by Crippen LogP contribution is -2.38. The number of thiazole rings is 1. The van der Waals surface area contributed by atoms with Crippen LogP contribution in [-0.4, -0.2) is 67.8 Å². The van der Waals surface area contributed by atoms with Crippen LogP contribution in [0.1, 0.15) is 35.3 Å². The van der Waals surface area contributed by atoms with Gasteiger partial charge in [-0.25, -0.2) is 4.98 Å². The van der Waals surface area contributed by atoms with Crippen molar-refractivity contribution in [2.75, 3.05) is 45.3 Å². The van der Waals surface area contributed by atoms with Crippen LogP contribution in [-0.2, 0) is 14.3 Å². The van der Waals surface area contributed by atoms with E-state index in [4.69, 9.17) is 21.1 Å². The summed E-state index contributed by atoms with van der Waals surface area (Å²) in [6.45, 7) is 4.26. The molecular weight excluding hydrogens is 452 g/mol. The van der Waals surface area contributed by atoms with E-state index in [2.05, 4.69) is 15.6 Å². The van der Waals surface area contributed by atoms with Gasteiger partial charge in [0.15, 0.2) is 5.13 Å². The van der Waals surface area contributed by atoms with Gasteiger partial charge in [-0.15, -0.1) is 11.3 Å². The molecule has 3 rings (SSSR count). The van der Waals surface area contributed by atoms with Crippen molar-refractivity contribution in [2.45, 2.75) is 32.3 Å². The summed E-state index contributed by atoms with van der Waals surface area (Å²) in [5, 5.41) is 9.03. The molecule has 0 aliphatic carbocycles. The van der Waals surface area contributed by atoms with Gasteiger partial charge in [0.25, 0.3) is 5.91 Å². The Hall–Kier alpha value is -2.20. The van der Waals surface area contributed by atoms with Crippen LogP contribution in [0.3, 0.4) is 0 Å². The molecule has 1 saturated heterocycles. The highest BCUT2D eigenvalue weighted by Crippen LogP contribution is 2.26. The Morgan fingerprint density at radius 2 is 2.22 bits per heavy atom. The second-order valence-corrected chi connectivity index (χ2v) is 8.89. The Kier molecular flexibility index (Phi) is 9.28. The monoisotopic (exact) mass is 480 g/mol. The third kappa shape index (κ3) is 7.16. The van der Waals surface area contributed by atoms with E-state index in [-0.39, 0.29) is 30.9 Å². The second-order valence-electron chi connectivity index (χ2n) is 7.60. The number of carbonyl (C=O) groups is 2. The zero-order valence-electron chi connectivity index (χ0n) is 18.4. The molecule has 1 aliphatic heterocycles. The molecule has 2 aromatic rings. The minimum atomic E-state index is -0.235. The van der Waals surface area contributed by atoms with Gasteiger partial charge >= 0.3 is 0 Å². The number of rotatable bonds is 11. The maximum absolute atomic E-state index is 13.0. The van der Waals surface area contributed by atoms with Crippen molar-refractivity contribution in [1.82, 2.24) is 15.2 Å². The molecule has 1 aromatic carbocycles. The van der Waals surface area contributed by atoms with E-state index in [0.29, 0.717) is 35.5 Å². The average molecular weight is 481 g/mol. The Balaban J connectivity index is 1.57. The molecule has 32 heavy (non-hydrogen) atoms. The molecule has 0 radical (unpaired) electrons. The van der Waals surface area contributed by atoms with Crippen LogP contribution < -0.4 is 10.6 Å². The zero-order chi connectivity index (χ0) is 22.9. The third-order valence-electron chi connectivity index (χ3n) is 5.18. The van der Waals surface area contributed by atoms with Crippen LogP contribution in [0.25, 0.3) is 0 Å². The minimum absolute atomic E-state index is 0.0919. The summed E-state index contributed by atoms with van der Waals surface area (Å²) >= 11 is 7.42. The van der Waals surface area contributed by atoms with E-state index in [1.165, 1.54) is 11.3 Å². The van der Waals surface area contributed by atoms with Crippen molar-refractivity contribution >= 4 is 45.6 Å². The molecule has 1 fully saturated rings. The molecule has 0 spiro atoms. The fourth-order valence-corrected chi connectivity index (χ4v) is 4.18. The zero-order valence-corrected chi connectivity index (χ0v) is 19.9. The van der Waals surface area contributed by atoms with Gasteiger partial charge < -0.3 is 25.0 Å². The smallest absolute Gasteiger partial charge is 0.273 e. The molecule has 1 aromatic heterocycles. The molecule has 2 N–H and O–H groups in total. The standard InChI is InChI=1S/C22H29ClN4O4S/c1-15-5-6-16(23)12-18(15)25-22-26-19(14-32-22)21(29)27(9-11-30-2)8-7-20(28)24-13-17-4-3-10-31-17/h5-6,12,14,17H,3-4,7-11,13H2,1-2H3,(H,24,28)(H,25,26)/t17-/m0/s1. The maximum atomic E-state index is 13.0. The number of anilines is 2. The first kappa shape index (κ1) is 24.4. The Labute approximate surface area is 197 Å². The molecular formula is C22H29ClN4O4S. The molecule has 0 saturated carbocycles. The van der Waals surface area contributed by atoms with Crippen LogP contribution in [0.15, 0.2) is 23.6 Å². The molecule has 0 bridgehead atoms. The highest BCUT2D eigenvalue weighted by atomic mass is 35.5. The van der Waals surface area contributed by atoms with Gasteiger partial charge in [0.05, 0.1) is 12.7 Å². The van der Waals surface area contributed by atoms with E-state index in [1.54, 1.807) is 17.4 Å². The van der Waals surface area contributed by atoms with Crippen molar-refractivity contribution in [2.24, 2.45) is 0 Å². The van der Waals surface area contributed by atoms with Gasteiger partial charge in [-0.2, -0.15) is 0 Å². The second kappa shape index (κ2) is 12.2. The van der Waals surface area contributed by atoms with Crippen LogP contribution in [0.5, 0.6) is 0 Å². The maximum Gasteiger partial charge on any atom is 0.273 e. The van der Waals surface area contributed by atoms with Crippen LogP contribution in [0, 0.1) is 6.92 Å². The summed E-state index contributed by atoms with van der Waals surface area (Å²) in [6, 6.07) is 5.56. The number of amides is 2. The van der Waals surface area contributed by atoms with Gasteiger partial charge in [-0.05, 0) is 37.5 Å².